The van der Waals surface area contributed by atoms with Crippen LogP contribution in [0, 0.1) is 0 Å². The molecule has 0 unspecified atom stereocenters. The van der Waals surface area contributed by atoms with Crippen molar-refractivity contribution in [3.8, 4) is 68.3 Å². The molecular weight excluding hydrogens is 747 g/mol. The van der Waals surface area contributed by atoms with Gasteiger partial charge in [0.15, 0.2) is 23.3 Å². The van der Waals surface area contributed by atoms with Crippen LogP contribution in [0.25, 0.3) is 68.3 Å². The van der Waals surface area contributed by atoms with E-state index in [1.165, 1.54) is 0 Å². The van der Waals surface area contributed by atoms with Gasteiger partial charge in [0.05, 0.1) is 22.5 Å². The Hall–Kier alpha value is -8.29. The normalized spacial score (nSPS) is 11.3. The van der Waals surface area contributed by atoms with Gasteiger partial charge >= 0.3 is 0 Å². The monoisotopic (exact) mass is 783 g/mol. The van der Waals surface area contributed by atoms with E-state index in [0.717, 1.165) is 61.6 Å². The summed E-state index contributed by atoms with van der Waals surface area (Å²) >= 11 is 0. The first-order chi connectivity index (χ1) is 30.2. The number of rotatable bonds is 10. The van der Waals surface area contributed by atoms with Crippen molar-refractivity contribution in [2.75, 3.05) is 0 Å². The molecule has 7 nitrogen and oxygen atoms in total. The SMILES string of the molecule is c1ccc(-c2cc(-c3ccccn3)nc(-c3ccc(C(c4ccccc4)(c4ccccc4)c4ccc(-c5nc(-c6ccccc6)nc(-c6ccccn6)n5)cc4)cc3)n2)cc1. The third-order valence-corrected chi connectivity index (χ3v) is 10.9. The third-order valence-electron chi connectivity index (χ3n) is 10.9. The van der Waals surface area contributed by atoms with Crippen LogP contribution in [0.3, 0.4) is 0 Å². The molecule has 10 rings (SSSR count). The summed E-state index contributed by atoms with van der Waals surface area (Å²) in [4.78, 5) is 34.1. The first-order valence-electron chi connectivity index (χ1n) is 20.1. The Morgan fingerprint density at radius 1 is 0.246 bits per heavy atom. The highest BCUT2D eigenvalue weighted by molar-refractivity contribution is 5.72. The van der Waals surface area contributed by atoms with E-state index in [-0.39, 0.29) is 0 Å². The van der Waals surface area contributed by atoms with Gasteiger partial charge < -0.3 is 0 Å². The lowest BCUT2D eigenvalue weighted by Gasteiger charge is -2.37. The second-order valence-corrected chi connectivity index (χ2v) is 14.6. The first-order valence-corrected chi connectivity index (χ1v) is 20.1. The van der Waals surface area contributed by atoms with Gasteiger partial charge in [0, 0.05) is 34.6 Å². The number of nitrogens with zero attached hydrogens (tertiary/aromatic N) is 7. The number of hydrogen-bond acceptors (Lipinski definition) is 7. The molecule has 0 radical (unpaired) electrons. The molecule has 0 bridgehead atoms. The summed E-state index contributed by atoms with van der Waals surface area (Å²) in [6.45, 7) is 0. The zero-order valence-electron chi connectivity index (χ0n) is 33.0. The molecule has 288 valence electrons. The molecule has 0 saturated carbocycles. The Labute approximate surface area is 354 Å². The molecule has 0 amide bonds. The van der Waals surface area contributed by atoms with E-state index in [9.17, 15) is 0 Å². The molecule has 0 spiro atoms. The highest BCUT2D eigenvalue weighted by Crippen LogP contribution is 2.46. The second kappa shape index (κ2) is 16.5. The molecule has 0 N–H and O–H groups in total. The van der Waals surface area contributed by atoms with Crippen molar-refractivity contribution in [2.45, 2.75) is 5.41 Å². The van der Waals surface area contributed by atoms with Gasteiger partial charge in [-0.3, -0.25) is 9.97 Å². The minimum Gasteiger partial charge on any atom is -0.255 e. The molecule has 0 aliphatic heterocycles. The number of hydrogen-bond donors (Lipinski definition) is 0. The van der Waals surface area contributed by atoms with Crippen molar-refractivity contribution < 1.29 is 0 Å². The quantitative estimate of drug-likeness (QED) is 0.128. The highest BCUT2D eigenvalue weighted by Gasteiger charge is 2.38. The third kappa shape index (κ3) is 7.37. The molecule has 4 heterocycles. The summed E-state index contributed by atoms with van der Waals surface area (Å²) in [5, 5.41) is 0. The highest BCUT2D eigenvalue weighted by atomic mass is 15.0. The van der Waals surface area contributed by atoms with Crippen molar-refractivity contribution in [1.82, 2.24) is 34.9 Å². The predicted molar refractivity (Wildman–Crippen MR) is 242 cm³/mol. The molecule has 61 heavy (non-hydrogen) atoms. The molecule has 6 aromatic carbocycles. The maximum Gasteiger partial charge on any atom is 0.182 e. The van der Waals surface area contributed by atoms with Gasteiger partial charge in [-0.25, -0.2) is 24.9 Å². The molecule has 0 atom stereocenters. The topological polar surface area (TPSA) is 90.2 Å². The molecule has 10 aromatic rings. The minimum atomic E-state index is -0.696. The van der Waals surface area contributed by atoms with E-state index in [1.54, 1.807) is 12.4 Å². The summed E-state index contributed by atoms with van der Waals surface area (Å²) in [6, 6.07) is 72.5. The Balaban J connectivity index is 1.11. The Morgan fingerprint density at radius 3 is 1.11 bits per heavy atom. The Bertz CT molecular complexity index is 2700. The molecule has 0 saturated heterocycles. The van der Waals surface area contributed by atoms with Crippen molar-refractivity contribution in [2.24, 2.45) is 0 Å². The van der Waals surface area contributed by atoms with Crippen LogP contribution in [0.15, 0.2) is 225 Å². The fourth-order valence-corrected chi connectivity index (χ4v) is 7.92. The predicted octanol–water partition coefficient (Wildman–Crippen LogP) is 11.8. The molecule has 4 aromatic heterocycles. The largest absolute Gasteiger partial charge is 0.255 e. The van der Waals surface area contributed by atoms with Crippen molar-refractivity contribution in [3.05, 3.63) is 247 Å². The van der Waals surface area contributed by atoms with Crippen LogP contribution in [0.1, 0.15) is 22.3 Å². The van der Waals surface area contributed by atoms with E-state index >= 15 is 0 Å². The standard InChI is InChI=1S/C54H37N7/c1-5-17-38(18-6-1)48-37-49(46-25-13-15-35-55-46)58-50(57-48)40-27-31-44(32-28-40)54(42-21-9-3-10-22-42,43-23-11-4-12-24-43)45-33-29-41(30-34-45)52-59-51(39-19-7-2-8-20-39)60-53(61-52)47-26-14-16-36-56-47/h1-37H. The lowest BCUT2D eigenvalue weighted by Crippen LogP contribution is -2.31. The zero-order valence-corrected chi connectivity index (χ0v) is 33.0. The van der Waals surface area contributed by atoms with Crippen LogP contribution >= 0.6 is 0 Å². The molecule has 0 aliphatic carbocycles. The Kier molecular flexibility index (Phi) is 10.0. The minimum absolute atomic E-state index is 0.516. The fourth-order valence-electron chi connectivity index (χ4n) is 7.92. The van der Waals surface area contributed by atoms with Crippen molar-refractivity contribution in [3.63, 3.8) is 0 Å². The molecule has 0 fully saturated rings. The van der Waals surface area contributed by atoms with Crippen molar-refractivity contribution in [1.29, 1.82) is 0 Å². The van der Waals surface area contributed by atoms with E-state index in [1.807, 2.05) is 91.0 Å². The lowest BCUT2D eigenvalue weighted by molar-refractivity contribution is 0.745. The van der Waals surface area contributed by atoms with Crippen LogP contribution < -0.4 is 0 Å². The number of benzene rings is 6. The smallest absolute Gasteiger partial charge is 0.182 e. The van der Waals surface area contributed by atoms with Crippen LogP contribution in [-0.4, -0.2) is 34.9 Å². The zero-order chi connectivity index (χ0) is 40.9. The summed E-state index contributed by atoms with van der Waals surface area (Å²) in [5.74, 6) is 2.30. The van der Waals surface area contributed by atoms with E-state index in [0.29, 0.717) is 29.0 Å². The summed E-state index contributed by atoms with van der Waals surface area (Å²) in [5.41, 5.74) is 10.5. The maximum absolute atomic E-state index is 5.10. The maximum atomic E-state index is 5.10. The summed E-state index contributed by atoms with van der Waals surface area (Å²) in [7, 11) is 0. The molecule has 0 aliphatic rings. The number of aromatic nitrogens is 7. The van der Waals surface area contributed by atoms with Gasteiger partial charge in [-0.15, -0.1) is 0 Å². The molecule has 7 heteroatoms. The summed E-state index contributed by atoms with van der Waals surface area (Å²) in [6.07, 6.45) is 3.54. The van der Waals surface area contributed by atoms with Gasteiger partial charge in [-0.2, -0.15) is 0 Å². The van der Waals surface area contributed by atoms with E-state index in [2.05, 4.69) is 131 Å². The van der Waals surface area contributed by atoms with Crippen LogP contribution in [-0.2, 0) is 5.41 Å². The molecular formula is C54H37N7. The number of pyridine rings is 2. The first kappa shape index (κ1) is 37.0. The van der Waals surface area contributed by atoms with Crippen LogP contribution in [0.5, 0.6) is 0 Å². The van der Waals surface area contributed by atoms with Gasteiger partial charge in [0.1, 0.15) is 5.69 Å². The summed E-state index contributed by atoms with van der Waals surface area (Å²) < 4.78 is 0. The second-order valence-electron chi connectivity index (χ2n) is 14.6. The van der Waals surface area contributed by atoms with Gasteiger partial charge in [-0.1, -0.05) is 182 Å². The van der Waals surface area contributed by atoms with E-state index < -0.39 is 5.41 Å². The average Bonchev–Trinajstić information content (AvgIpc) is 3.36. The van der Waals surface area contributed by atoms with Gasteiger partial charge in [0.25, 0.3) is 0 Å². The van der Waals surface area contributed by atoms with Crippen molar-refractivity contribution >= 4 is 0 Å². The fraction of sp³-hybridized carbons (Fsp3) is 0.0185. The Morgan fingerprint density at radius 2 is 0.623 bits per heavy atom. The van der Waals surface area contributed by atoms with Gasteiger partial charge in [0.2, 0.25) is 0 Å². The van der Waals surface area contributed by atoms with Gasteiger partial charge in [-0.05, 0) is 52.6 Å². The van der Waals surface area contributed by atoms with Crippen LogP contribution in [0.2, 0.25) is 0 Å². The van der Waals surface area contributed by atoms with E-state index in [4.69, 9.17) is 24.9 Å². The van der Waals surface area contributed by atoms with Crippen LogP contribution in [0.4, 0.5) is 0 Å². The lowest BCUT2D eigenvalue weighted by atomic mass is 9.65. The average molecular weight is 784 g/mol.